The maximum atomic E-state index is 12.5. The molecule has 1 aliphatic rings. The minimum absolute atomic E-state index is 0.0735. The van der Waals surface area contributed by atoms with E-state index in [1.807, 2.05) is 0 Å². The number of phenolic OH excluding ortho intramolecular Hbond substituents is 2. The number of hydrogen-bond donors (Lipinski definition) is 4. The molecule has 3 rings (SSSR count). The molecule has 136 valence electrons. The summed E-state index contributed by atoms with van der Waals surface area (Å²) >= 11 is 0. The summed E-state index contributed by atoms with van der Waals surface area (Å²) in [4.78, 5) is 24.9. The van der Waals surface area contributed by atoms with Gasteiger partial charge in [0, 0.05) is 12.1 Å². The molecular formula is C20H22N2O4. The van der Waals surface area contributed by atoms with Crippen LogP contribution in [0.3, 0.4) is 0 Å². The number of carbonyl (C=O) groups is 2. The van der Waals surface area contributed by atoms with Crippen molar-refractivity contribution in [3.8, 4) is 11.5 Å². The number of rotatable bonds is 4. The SMILES string of the molecule is O=C(NC1CCCC[C@@H]1NC(=O)c1ccccc1O)c1ccccc1O. The second-order valence-corrected chi connectivity index (χ2v) is 6.48. The molecule has 6 heteroatoms. The summed E-state index contributed by atoms with van der Waals surface area (Å²) in [5.74, 6) is -0.875. The largest absolute Gasteiger partial charge is 0.507 e. The van der Waals surface area contributed by atoms with Crippen LogP contribution in [0.2, 0.25) is 0 Å². The van der Waals surface area contributed by atoms with E-state index in [-0.39, 0.29) is 46.5 Å². The van der Waals surface area contributed by atoms with Gasteiger partial charge >= 0.3 is 0 Å². The van der Waals surface area contributed by atoms with Gasteiger partial charge in [-0.2, -0.15) is 0 Å². The zero-order chi connectivity index (χ0) is 18.5. The molecule has 0 aromatic heterocycles. The van der Waals surface area contributed by atoms with Crippen LogP contribution >= 0.6 is 0 Å². The van der Waals surface area contributed by atoms with E-state index in [0.29, 0.717) is 0 Å². The van der Waals surface area contributed by atoms with Crippen molar-refractivity contribution >= 4 is 11.8 Å². The van der Waals surface area contributed by atoms with Crippen LogP contribution < -0.4 is 10.6 Å². The second-order valence-electron chi connectivity index (χ2n) is 6.48. The molecule has 1 unspecified atom stereocenters. The van der Waals surface area contributed by atoms with Gasteiger partial charge in [0.15, 0.2) is 0 Å². The van der Waals surface area contributed by atoms with Gasteiger partial charge in [0.05, 0.1) is 11.1 Å². The third-order valence-corrected chi connectivity index (χ3v) is 4.70. The number of aromatic hydroxyl groups is 2. The summed E-state index contributed by atoms with van der Waals surface area (Å²) in [6, 6.07) is 12.3. The molecule has 0 radical (unpaired) electrons. The van der Waals surface area contributed by atoms with Gasteiger partial charge in [-0.25, -0.2) is 0 Å². The second kappa shape index (κ2) is 7.91. The lowest BCUT2D eigenvalue weighted by Gasteiger charge is -2.33. The normalized spacial score (nSPS) is 19.5. The van der Waals surface area contributed by atoms with Crippen LogP contribution in [-0.4, -0.2) is 34.1 Å². The van der Waals surface area contributed by atoms with E-state index in [1.165, 1.54) is 12.1 Å². The third-order valence-electron chi connectivity index (χ3n) is 4.70. The first-order chi connectivity index (χ1) is 12.6. The van der Waals surface area contributed by atoms with Crippen LogP contribution in [0, 0.1) is 0 Å². The first-order valence-electron chi connectivity index (χ1n) is 8.74. The number of nitrogens with one attached hydrogen (secondary N) is 2. The highest BCUT2D eigenvalue weighted by Gasteiger charge is 2.29. The quantitative estimate of drug-likeness (QED) is 0.678. The Bertz CT molecular complexity index is 738. The minimum atomic E-state index is -0.364. The summed E-state index contributed by atoms with van der Waals surface area (Å²) in [5, 5.41) is 25.5. The van der Waals surface area contributed by atoms with Crippen LogP contribution in [0.1, 0.15) is 46.4 Å². The average Bonchev–Trinajstić information content (AvgIpc) is 2.64. The van der Waals surface area contributed by atoms with Crippen LogP contribution in [0.4, 0.5) is 0 Å². The molecular weight excluding hydrogens is 332 g/mol. The van der Waals surface area contributed by atoms with Gasteiger partial charge in [-0.3, -0.25) is 9.59 Å². The summed E-state index contributed by atoms with van der Waals surface area (Å²) in [7, 11) is 0. The topological polar surface area (TPSA) is 98.7 Å². The van der Waals surface area contributed by atoms with Gasteiger partial charge in [0.25, 0.3) is 11.8 Å². The highest BCUT2D eigenvalue weighted by Crippen LogP contribution is 2.22. The Balaban J connectivity index is 1.70. The number of phenols is 2. The van der Waals surface area contributed by atoms with E-state index in [4.69, 9.17) is 0 Å². The number of hydrogen-bond acceptors (Lipinski definition) is 4. The molecule has 2 aromatic carbocycles. The molecule has 0 bridgehead atoms. The maximum Gasteiger partial charge on any atom is 0.255 e. The van der Waals surface area contributed by atoms with Crippen molar-refractivity contribution in [3.63, 3.8) is 0 Å². The van der Waals surface area contributed by atoms with E-state index in [1.54, 1.807) is 36.4 Å². The van der Waals surface area contributed by atoms with Gasteiger partial charge < -0.3 is 20.8 Å². The van der Waals surface area contributed by atoms with Gasteiger partial charge in [0.2, 0.25) is 0 Å². The molecule has 1 saturated carbocycles. The average molecular weight is 354 g/mol. The third kappa shape index (κ3) is 3.96. The summed E-state index contributed by atoms with van der Waals surface area (Å²) in [6.45, 7) is 0. The van der Waals surface area contributed by atoms with Crippen molar-refractivity contribution in [3.05, 3.63) is 59.7 Å². The number of benzene rings is 2. The van der Waals surface area contributed by atoms with Gasteiger partial charge in [-0.1, -0.05) is 37.1 Å². The zero-order valence-corrected chi connectivity index (χ0v) is 14.3. The standard InChI is InChI=1S/C20H22N2O4/c23-17-11-5-1-7-13(17)19(25)21-15-9-3-4-10-16(15)22-20(26)14-8-2-6-12-18(14)24/h1-2,5-8,11-12,15-16,23-24H,3-4,9-10H2,(H,21,25)(H,22,26)/t15-,16?/m0/s1. The lowest BCUT2D eigenvalue weighted by molar-refractivity contribution is 0.0859. The number of carbonyl (C=O) groups excluding carboxylic acids is 2. The molecule has 2 aromatic rings. The van der Waals surface area contributed by atoms with E-state index >= 15 is 0 Å². The zero-order valence-electron chi connectivity index (χ0n) is 14.3. The lowest BCUT2D eigenvalue weighted by Crippen LogP contribution is -2.53. The highest BCUT2D eigenvalue weighted by molar-refractivity contribution is 5.98. The van der Waals surface area contributed by atoms with Crippen LogP contribution in [0.5, 0.6) is 11.5 Å². The molecule has 0 heterocycles. The van der Waals surface area contributed by atoms with E-state index in [9.17, 15) is 19.8 Å². The molecule has 0 saturated heterocycles. The van der Waals surface area contributed by atoms with Crippen molar-refractivity contribution in [1.82, 2.24) is 10.6 Å². The Hall–Kier alpha value is -3.02. The summed E-state index contributed by atoms with van der Waals surface area (Å²) in [6.07, 6.45) is 3.39. The Labute approximate surface area is 151 Å². The Morgan fingerprint density at radius 1 is 0.731 bits per heavy atom. The Morgan fingerprint density at radius 2 is 1.12 bits per heavy atom. The monoisotopic (exact) mass is 354 g/mol. The predicted octanol–water partition coefficient (Wildman–Crippen LogP) is 2.57. The van der Waals surface area contributed by atoms with Crippen LogP contribution in [-0.2, 0) is 0 Å². The molecule has 1 aliphatic carbocycles. The van der Waals surface area contributed by atoms with Gasteiger partial charge in [-0.15, -0.1) is 0 Å². The van der Waals surface area contributed by atoms with Crippen molar-refractivity contribution < 1.29 is 19.8 Å². The number of para-hydroxylation sites is 2. The van der Waals surface area contributed by atoms with Crippen molar-refractivity contribution in [2.24, 2.45) is 0 Å². The first kappa shape index (κ1) is 17.8. The van der Waals surface area contributed by atoms with Crippen molar-refractivity contribution in [2.75, 3.05) is 0 Å². The molecule has 1 fully saturated rings. The number of amides is 2. The molecule has 26 heavy (non-hydrogen) atoms. The van der Waals surface area contributed by atoms with Gasteiger partial charge in [0.1, 0.15) is 11.5 Å². The summed E-state index contributed by atoms with van der Waals surface area (Å²) in [5.41, 5.74) is 0.424. The molecule has 0 spiro atoms. The fourth-order valence-electron chi connectivity index (χ4n) is 3.30. The van der Waals surface area contributed by atoms with E-state index < -0.39 is 0 Å². The predicted molar refractivity (Wildman–Crippen MR) is 97.2 cm³/mol. The minimum Gasteiger partial charge on any atom is -0.507 e. The molecule has 2 atom stereocenters. The summed E-state index contributed by atoms with van der Waals surface area (Å²) < 4.78 is 0. The van der Waals surface area contributed by atoms with E-state index in [2.05, 4.69) is 10.6 Å². The molecule has 0 aliphatic heterocycles. The Morgan fingerprint density at radius 3 is 1.50 bits per heavy atom. The highest BCUT2D eigenvalue weighted by atomic mass is 16.3. The van der Waals surface area contributed by atoms with Crippen LogP contribution in [0.25, 0.3) is 0 Å². The van der Waals surface area contributed by atoms with Crippen molar-refractivity contribution in [1.29, 1.82) is 0 Å². The van der Waals surface area contributed by atoms with Crippen molar-refractivity contribution in [2.45, 2.75) is 37.8 Å². The van der Waals surface area contributed by atoms with Gasteiger partial charge in [-0.05, 0) is 37.1 Å². The first-order valence-corrected chi connectivity index (χ1v) is 8.74. The fraction of sp³-hybridized carbons (Fsp3) is 0.300. The van der Waals surface area contributed by atoms with Crippen LogP contribution in [0.15, 0.2) is 48.5 Å². The fourth-order valence-corrected chi connectivity index (χ4v) is 3.30. The molecule has 2 amide bonds. The Kier molecular flexibility index (Phi) is 5.41. The molecule has 4 N–H and O–H groups in total. The smallest absolute Gasteiger partial charge is 0.255 e. The molecule has 6 nitrogen and oxygen atoms in total. The van der Waals surface area contributed by atoms with E-state index in [0.717, 1.165) is 25.7 Å². The maximum absolute atomic E-state index is 12.5. The lowest BCUT2D eigenvalue weighted by atomic mass is 9.89.